The van der Waals surface area contributed by atoms with Gasteiger partial charge >= 0.3 is 0 Å². The summed E-state index contributed by atoms with van der Waals surface area (Å²) in [6, 6.07) is 17.1. The number of likely N-dealkylation sites (tertiary alicyclic amines) is 1. The van der Waals surface area contributed by atoms with Gasteiger partial charge in [-0.25, -0.2) is 4.98 Å². The predicted molar refractivity (Wildman–Crippen MR) is 96.7 cm³/mol. The maximum Gasteiger partial charge on any atom is 0.146 e. The number of nitriles is 1. The minimum atomic E-state index is 0.462. The Kier molecular flexibility index (Phi) is 5.45. The van der Waals surface area contributed by atoms with E-state index in [9.17, 15) is 5.26 Å². The lowest BCUT2D eigenvalue weighted by Gasteiger charge is -2.39. The van der Waals surface area contributed by atoms with Crippen LogP contribution in [0.2, 0.25) is 0 Å². The summed E-state index contributed by atoms with van der Waals surface area (Å²) < 4.78 is 0. The van der Waals surface area contributed by atoms with Crippen molar-refractivity contribution in [2.75, 3.05) is 24.5 Å². The van der Waals surface area contributed by atoms with E-state index in [1.54, 1.807) is 6.20 Å². The highest BCUT2D eigenvalue weighted by Crippen LogP contribution is 2.25. The van der Waals surface area contributed by atoms with E-state index in [0.29, 0.717) is 11.6 Å². The lowest BCUT2D eigenvalue weighted by Crippen LogP contribution is -2.45. The van der Waals surface area contributed by atoms with Crippen LogP contribution in [0.4, 0.5) is 5.82 Å². The first kappa shape index (κ1) is 16.5. The Morgan fingerprint density at radius 3 is 2.58 bits per heavy atom. The van der Waals surface area contributed by atoms with Gasteiger partial charge in [-0.05, 0) is 37.5 Å². The molecule has 3 rings (SSSR count). The number of pyridine rings is 1. The first-order valence-electron chi connectivity index (χ1n) is 8.70. The average molecular weight is 320 g/mol. The molecule has 1 saturated heterocycles. The van der Waals surface area contributed by atoms with Gasteiger partial charge in [-0.15, -0.1) is 0 Å². The van der Waals surface area contributed by atoms with E-state index >= 15 is 0 Å². The smallest absolute Gasteiger partial charge is 0.146 e. The number of aromatic nitrogens is 1. The quantitative estimate of drug-likeness (QED) is 0.846. The van der Waals surface area contributed by atoms with Crippen molar-refractivity contribution in [3.8, 4) is 6.07 Å². The van der Waals surface area contributed by atoms with Gasteiger partial charge in [-0.2, -0.15) is 5.26 Å². The van der Waals surface area contributed by atoms with Crippen molar-refractivity contribution >= 4 is 5.82 Å². The van der Waals surface area contributed by atoms with Crippen LogP contribution in [-0.2, 0) is 6.54 Å². The van der Waals surface area contributed by atoms with Crippen molar-refractivity contribution < 1.29 is 0 Å². The molecule has 0 bridgehead atoms. The highest BCUT2D eigenvalue weighted by Gasteiger charge is 2.26. The van der Waals surface area contributed by atoms with Crippen LogP contribution in [0.3, 0.4) is 0 Å². The summed E-state index contributed by atoms with van der Waals surface area (Å²) in [6.45, 7) is 6.23. The molecule has 1 aliphatic heterocycles. The molecule has 0 N–H and O–H groups in total. The Bertz CT molecular complexity index is 684. The van der Waals surface area contributed by atoms with E-state index in [4.69, 9.17) is 0 Å². The van der Waals surface area contributed by atoms with Crippen molar-refractivity contribution in [3.05, 3.63) is 59.8 Å². The fraction of sp³-hybridized carbons (Fsp3) is 0.400. The minimum absolute atomic E-state index is 0.462. The molecule has 0 amide bonds. The standard InChI is InChI=1S/C20H24N4/c1-2-24(20-18(15-21)9-6-12-22-20)19-10-13-23(14-11-19)16-17-7-4-3-5-8-17/h3-9,12,19H,2,10-11,13-14,16H2,1H3. The average Bonchev–Trinajstić information content (AvgIpc) is 2.65. The third-order valence-electron chi connectivity index (χ3n) is 4.77. The summed E-state index contributed by atoms with van der Waals surface area (Å²) in [5.41, 5.74) is 2.05. The molecule has 1 fully saturated rings. The zero-order chi connectivity index (χ0) is 16.8. The Morgan fingerprint density at radius 1 is 1.17 bits per heavy atom. The molecule has 0 unspecified atom stereocenters. The highest BCUT2D eigenvalue weighted by molar-refractivity contribution is 5.54. The lowest BCUT2D eigenvalue weighted by molar-refractivity contribution is 0.201. The monoisotopic (exact) mass is 320 g/mol. The van der Waals surface area contributed by atoms with Crippen LogP contribution in [0.5, 0.6) is 0 Å². The second-order valence-corrected chi connectivity index (χ2v) is 6.27. The largest absolute Gasteiger partial charge is 0.353 e. The van der Waals surface area contributed by atoms with Gasteiger partial charge in [0.1, 0.15) is 11.9 Å². The van der Waals surface area contributed by atoms with Crippen molar-refractivity contribution in [3.63, 3.8) is 0 Å². The van der Waals surface area contributed by atoms with Crippen LogP contribution in [0, 0.1) is 11.3 Å². The maximum atomic E-state index is 9.34. The van der Waals surface area contributed by atoms with Gasteiger partial charge < -0.3 is 4.90 Å². The minimum Gasteiger partial charge on any atom is -0.353 e. The van der Waals surface area contributed by atoms with E-state index in [-0.39, 0.29) is 0 Å². The summed E-state index contributed by atoms with van der Waals surface area (Å²) in [4.78, 5) is 9.29. The van der Waals surface area contributed by atoms with Gasteiger partial charge in [-0.1, -0.05) is 30.3 Å². The van der Waals surface area contributed by atoms with Crippen molar-refractivity contribution in [1.82, 2.24) is 9.88 Å². The topological polar surface area (TPSA) is 43.2 Å². The summed E-state index contributed by atoms with van der Waals surface area (Å²) in [5, 5.41) is 9.34. The number of hydrogen-bond donors (Lipinski definition) is 0. The van der Waals surface area contributed by atoms with Crippen molar-refractivity contribution in [2.45, 2.75) is 32.4 Å². The van der Waals surface area contributed by atoms with Crippen LogP contribution in [-0.4, -0.2) is 35.6 Å². The van der Waals surface area contributed by atoms with Gasteiger partial charge in [0.25, 0.3) is 0 Å². The number of rotatable bonds is 5. The van der Waals surface area contributed by atoms with Crippen LogP contribution >= 0.6 is 0 Å². The molecule has 2 heterocycles. The summed E-state index contributed by atoms with van der Waals surface area (Å²) >= 11 is 0. The molecule has 1 aliphatic rings. The van der Waals surface area contributed by atoms with Crippen molar-refractivity contribution in [1.29, 1.82) is 5.26 Å². The van der Waals surface area contributed by atoms with Crippen LogP contribution in [0.1, 0.15) is 30.9 Å². The SMILES string of the molecule is CCN(c1ncccc1C#N)C1CCN(Cc2ccccc2)CC1. The lowest BCUT2D eigenvalue weighted by atomic mass is 10.0. The summed E-state index contributed by atoms with van der Waals surface area (Å²) in [7, 11) is 0. The molecule has 2 aromatic rings. The third kappa shape index (κ3) is 3.74. The van der Waals surface area contributed by atoms with E-state index in [2.05, 4.69) is 58.1 Å². The Labute approximate surface area is 144 Å². The van der Waals surface area contributed by atoms with Gasteiger partial charge in [0.15, 0.2) is 0 Å². The fourth-order valence-corrected chi connectivity index (χ4v) is 3.52. The molecular formula is C20H24N4. The Balaban J connectivity index is 1.63. The number of piperidine rings is 1. The summed E-state index contributed by atoms with van der Waals surface area (Å²) in [5.74, 6) is 0.837. The molecule has 124 valence electrons. The molecular weight excluding hydrogens is 296 g/mol. The Hall–Kier alpha value is -2.38. The second kappa shape index (κ2) is 7.94. The molecule has 4 nitrogen and oxygen atoms in total. The highest BCUT2D eigenvalue weighted by atomic mass is 15.2. The van der Waals surface area contributed by atoms with Gasteiger partial charge in [0.2, 0.25) is 0 Å². The van der Waals surface area contributed by atoms with E-state index in [1.807, 2.05) is 12.1 Å². The van der Waals surface area contributed by atoms with Gasteiger partial charge in [0.05, 0.1) is 5.56 Å². The normalized spacial score (nSPS) is 15.8. The fourth-order valence-electron chi connectivity index (χ4n) is 3.52. The molecule has 0 spiro atoms. The maximum absolute atomic E-state index is 9.34. The van der Waals surface area contributed by atoms with Gasteiger partial charge in [0, 0.05) is 38.4 Å². The number of hydrogen-bond acceptors (Lipinski definition) is 4. The molecule has 0 radical (unpaired) electrons. The van der Waals surface area contributed by atoms with Crippen molar-refractivity contribution in [2.24, 2.45) is 0 Å². The van der Waals surface area contributed by atoms with Gasteiger partial charge in [-0.3, -0.25) is 4.90 Å². The molecule has 1 aromatic heterocycles. The first-order chi connectivity index (χ1) is 11.8. The number of benzene rings is 1. The molecule has 4 heteroatoms. The molecule has 0 aliphatic carbocycles. The molecule has 0 saturated carbocycles. The predicted octanol–water partition coefficient (Wildman–Crippen LogP) is 3.44. The number of anilines is 1. The van der Waals surface area contributed by atoms with Crippen LogP contribution in [0.25, 0.3) is 0 Å². The molecule has 24 heavy (non-hydrogen) atoms. The summed E-state index contributed by atoms with van der Waals surface area (Å²) in [6.07, 6.45) is 4.01. The zero-order valence-electron chi connectivity index (χ0n) is 14.2. The van der Waals surface area contributed by atoms with Crippen LogP contribution < -0.4 is 4.90 Å². The Morgan fingerprint density at radius 2 is 1.92 bits per heavy atom. The first-order valence-corrected chi connectivity index (χ1v) is 8.70. The zero-order valence-corrected chi connectivity index (χ0v) is 14.2. The third-order valence-corrected chi connectivity index (χ3v) is 4.77. The van der Waals surface area contributed by atoms with E-state index in [0.717, 1.165) is 44.8 Å². The second-order valence-electron chi connectivity index (χ2n) is 6.27. The van der Waals surface area contributed by atoms with Crippen LogP contribution in [0.15, 0.2) is 48.7 Å². The van der Waals surface area contributed by atoms with E-state index in [1.165, 1.54) is 5.56 Å². The number of nitrogens with zero attached hydrogens (tertiary/aromatic N) is 4. The molecule has 1 aromatic carbocycles. The van der Waals surface area contributed by atoms with E-state index < -0.39 is 0 Å². The molecule has 0 atom stereocenters.